The van der Waals surface area contributed by atoms with Crippen molar-refractivity contribution in [3.8, 4) is 0 Å². The summed E-state index contributed by atoms with van der Waals surface area (Å²) in [7, 11) is 6.81. The van der Waals surface area contributed by atoms with E-state index in [1.165, 1.54) is 0 Å². The molecule has 0 heterocycles. The molecule has 2 aromatic rings. The zero-order valence-corrected chi connectivity index (χ0v) is 13.2. The molecule has 0 spiro atoms. The summed E-state index contributed by atoms with van der Waals surface area (Å²) < 4.78 is 11.1. The molecule has 0 aliphatic rings. The van der Waals surface area contributed by atoms with Gasteiger partial charge in [-0.05, 0) is 11.1 Å². The van der Waals surface area contributed by atoms with Gasteiger partial charge in [0.15, 0.2) is 0 Å². The van der Waals surface area contributed by atoms with Crippen LogP contribution in [-0.4, -0.2) is 14.2 Å². The molecule has 0 fully saturated rings. The minimum atomic E-state index is 0.00237. The summed E-state index contributed by atoms with van der Waals surface area (Å²) in [4.78, 5) is 0. The number of ether oxygens (including phenoxy) is 2. The van der Waals surface area contributed by atoms with Crippen LogP contribution in [0.4, 0.5) is 0 Å². The second kappa shape index (κ2) is 8.37. The van der Waals surface area contributed by atoms with E-state index in [2.05, 4.69) is 24.3 Å². The molecule has 0 saturated carbocycles. The van der Waals surface area contributed by atoms with E-state index in [1.54, 1.807) is 35.8 Å². The van der Waals surface area contributed by atoms with Gasteiger partial charge in [0.25, 0.3) is 0 Å². The van der Waals surface area contributed by atoms with Gasteiger partial charge in [-0.1, -0.05) is 82.3 Å². The highest BCUT2D eigenvalue weighted by atomic mass is 33.1. The third kappa shape index (κ3) is 4.28. The van der Waals surface area contributed by atoms with Crippen molar-refractivity contribution < 1.29 is 9.47 Å². The van der Waals surface area contributed by atoms with Crippen molar-refractivity contribution in [2.24, 2.45) is 0 Å². The van der Waals surface area contributed by atoms with Gasteiger partial charge in [0.2, 0.25) is 0 Å². The smallest absolute Gasteiger partial charge is 0.138 e. The van der Waals surface area contributed by atoms with Crippen LogP contribution in [0, 0.1) is 0 Å². The van der Waals surface area contributed by atoms with E-state index in [0.717, 1.165) is 11.1 Å². The van der Waals surface area contributed by atoms with Crippen LogP contribution in [-0.2, 0) is 9.47 Å². The Labute approximate surface area is 128 Å². The van der Waals surface area contributed by atoms with Crippen LogP contribution < -0.4 is 0 Å². The van der Waals surface area contributed by atoms with E-state index in [0.29, 0.717) is 0 Å². The normalized spacial score (nSPS) is 13.9. The lowest BCUT2D eigenvalue weighted by Gasteiger charge is -2.19. The zero-order valence-electron chi connectivity index (χ0n) is 11.6. The molecule has 0 saturated heterocycles. The van der Waals surface area contributed by atoms with E-state index in [9.17, 15) is 0 Å². The largest absolute Gasteiger partial charge is 0.365 e. The third-order valence-corrected chi connectivity index (χ3v) is 5.57. The Balaban J connectivity index is 1.99. The van der Waals surface area contributed by atoms with Crippen LogP contribution in [0.5, 0.6) is 0 Å². The number of rotatable bonds is 7. The standard InChI is InChI=1S/C16H18O2S2/c1-17-15(13-9-5-3-6-10-13)19-20-16(18-2)14-11-7-4-8-12-14/h3-12,15-16H,1-2H3. The van der Waals surface area contributed by atoms with Crippen LogP contribution in [0.3, 0.4) is 0 Å². The summed E-state index contributed by atoms with van der Waals surface area (Å²) >= 11 is 0. The molecule has 20 heavy (non-hydrogen) atoms. The highest BCUT2D eigenvalue weighted by Gasteiger charge is 2.17. The molecule has 2 nitrogen and oxygen atoms in total. The maximum absolute atomic E-state index is 5.55. The Bertz CT molecular complexity index is 443. The summed E-state index contributed by atoms with van der Waals surface area (Å²) in [5, 5.41) is 0. The van der Waals surface area contributed by atoms with E-state index in [-0.39, 0.29) is 10.9 Å². The molecule has 2 rings (SSSR count). The van der Waals surface area contributed by atoms with Crippen molar-refractivity contribution in [1.82, 2.24) is 0 Å². The van der Waals surface area contributed by atoms with Crippen molar-refractivity contribution in [2.45, 2.75) is 10.9 Å². The fourth-order valence-electron chi connectivity index (χ4n) is 1.78. The molecular weight excluding hydrogens is 288 g/mol. The lowest BCUT2D eigenvalue weighted by molar-refractivity contribution is 0.173. The van der Waals surface area contributed by atoms with Gasteiger partial charge in [0.05, 0.1) is 0 Å². The van der Waals surface area contributed by atoms with Crippen molar-refractivity contribution >= 4 is 21.6 Å². The highest BCUT2D eigenvalue weighted by Crippen LogP contribution is 2.46. The Kier molecular flexibility index (Phi) is 6.47. The molecule has 106 valence electrons. The first kappa shape index (κ1) is 15.4. The topological polar surface area (TPSA) is 18.5 Å². The summed E-state index contributed by atoms with van der Waals surface area (Å²) in [5.41, 5.74) is 2.33. The summed E-state index contributed by atoms with van der Waals surface area (Å²) in [6, 6.07) is 20.4. The van der Waals surface area contributed by atoms with Crippen LogP contribution >= 0.6 is 21.6 Å². The summed E-state index contributed by atoms with van der Waals surface area (Å²) in [6.07, 6.45) is 0. The van der Waals surface area contributed by atoms with E-state index in [1.807, 2.05) is 36.4 Å². The van der Waals surface area contributed by atoms with Gasteiger partial charge in [-0.25, -0.2) is 0 Å². The lowest BCUT2D eigenvalue weighted by atomic mass is 10.2. The number of hydrogen-bond acceptors (Lipinski definition) is 4. The highest BCUT2D eigenvalue weighted by molar-refractivity contribution is 8.76. The lowest BCUT2D eigenvalue weighted by Crippen LogP contribution is -1.98. The fraction of sp³-hybridized carbons (Fsp3) is 0.250. The predicted molar refractivity (Wildman–Crippen MR) is 87.6 cm³/mol. The molecule has 2 atom stereocenters. The van der Waals surface area contributed by atoms with Gasteiger partial charge >= 0.3 is 0 Å². The molecule has 0 aliphatic carbocycles. The van der Waals surface area contributed by atoms with Gasteiger partial charge in [-0.15, -0.1) is 0 Å². The van der Waals surface area contributed by atoms with E-state index >= 15 is 0 Å². The first-order valence-electron chi connectivity index (χ1n) is 6.32. The molecule has 0 aromatic heterocycles. The van der Waals surface area contributed by atoms with Gasteiger partial charge in [0.1, 0.15) is 10.9 Å². The Morgan fingerprint density at radius 1 is 0.650 bits per heavy atom. The minimum Gasteiger partial charge on any atom is -0.365 e. The molecule has 2 aromatic carbocycles. The minimum absolute atomic E-state index is 0.00237. The molecule has 2 unspecified atom stereocenters. The van der Waals surface area contributed by atoms with Crippen molar-refractivity contribution in [2.75, 3.05) is 14.2 Å². The fourth-order valence-corrected chi connectivity index (χ4v) is 4.42. The number of benzene rings is 2. The molecule has 0 bridgehead atoms. The maximum atomic E-state index is 5.55. The van der Waals surface area contributed by atoms with E-state index in [4.69, 9.17) is 9.47 Å². The average molecular weight is 306 g/mol. The zero-order chi connectivity index (χ0) is 14.2. The molecule has 4 heteroatoms. The first-order chi connectivity index (χ1) is 9.85. The summed E-state index contributed by atoms with van der Waals surface area (Å²) in [5.74, 6) is 0. The quantitative estimate of drug-likeness (QED) is 0.525. The van der Waals surface area contributed by atoms with Gasteiger partial charge in [0, 0.05) is 14.2 Å². The molecule has 0 radical (unpaired) electrons. The third-order valence-electron chi connectivity index (χ3n) is 2.80. The van der Waals surface area contributed by atoms with Gasteiger partial charge < -0.3 is 9.47 Å². The molecule has 0 amide bonds. The Hall–Kier alpha value is -0.940. The Morgan fingerprint density at radius 2 is 1.00 bits per heavy atom. The van der Waals surface area contributed by atoms with Gasteiger partial charge in [-0.3, -0.25) is 0 Å². The average Bonchev–Trinajstić information content (AvgIpc) is 2.53. The van der Waals surface area contributed by atoms with E-state index < -0.39 is 0 Å². The molecule has 0 N–H and O–H groups in total. The van der Waals surface area contributed by atoms with Crippen LogP contribution in [0.25, 0.3) is 0 Å². The Morgan fingerprint density at radius 3 is 1.30 bits per heavy atom. The number of methoxy groups -OCH3 is 2. The van der Waals surface area contributed by atoms with Crippen molar-refractivity contribution in [3.63, 3.8) is 0 Å². The molecule has 0 aliphatic heterocycles. The predicted octanol–water partition coefficient (Wildman–Crippen LogP) is 5.06. The van der Waals surface area contributed by atoms with Crippen molar-refractivity contribution in [3.05, 3.63) is 71.8 Å². The second-order valence-electron chi connectivity index (χ2n) is 4.15. The second-order valence-corrected chi connectivity index (χ2v) is 6.54. The van der Waals surface area contributed by atoms with Gasteiger partial charge in [-0.2, -0.15) is 0 Å². The first-order valence-corrected chi connectivity index (χ1v) is 8.60. The summed E-state index contributed by atoms with van der Waals surface area (Å²) in [6.45, 7) is 0. The van der Waals surface area contributed by atoms with Crippen LogP contribution in [0.2, 0.25) is 0 Å². The maximum Gasteiger partial charge on any atom is 0.138 e. The van der Waals surface area contributed by atoms with Crippen LogP contribution in [0.15, 0.2) is 60.7 Å². The van der Waals surface area contributed by atoms with Crippen LogP contribution in [0.1, 0.15) is 22.0 Å². The number of hydrogen-bond donors (Lipinski definition) is 0. The molecular formula is C16H18O2S2. The SMILES string of the molecule is COC(SSC(OC)c1ccccc1)c1ccccc1. The van der Waals surface area contributed by atoms with Crippen molar-refractivity contribution in [1.29, 1.82) is 0 Å². The monoisotopic (exact) mass is 306 g/mol.